The summed E-state index contributed by atoms with van der Waals surface area (Å²) in [6, 6.07) is 68.6. The van der Waals surface area contributed by atoms with Crippen LogP contribution in [0, 0.1) is 6.57 Å². The maximum Gasteiger partial charge on any atom is 0.256 e. The molecule has 0 radical (unpaired) electrons. The van der Waals surface area contributed by atoms with E-state index in [4.69, 9.17) is 11.3 Å². The zero-order valence-corrected chi connectivity index (χ0v) is 38.8. The molecule has 0 N–H and O–H groups in total. The first-order chi connectivity index (χ1) is 32.4. The number of hydrogen-bond donors (Lipinski definition) is 0. The minimum absolute atomic E-state index is 0.0277. The molecule has 2 aliphatic heterocycles. The van der Waals surface area contributed by atoms with Crippen LogP contribution in [0.2, 0.25) is 0 Å². The van der Waals surface area contributed by atoms with E-state index in [2.05, 4.69) is 227 Å². The molecule has 0 bridgehead atoms. The maximum atomic E-state index is 7.69. The summed E-state index contributed by atoms with van der Waals surface area (Å²) in [6.07, 6.45) is 0. The van der Waals surface area contributed by atoms with Crippen molar-refractivity contribution in [3.05, 3.63) is 211 Å². The van der Waals surface area contributed by atoms with Crippen LogP contribution in [0.3, 0.4) is 0 Å². The van der Waals surface area contributed by atoms with Crippen molar-refractivity contribution >= 4 is 50.6 Å². The molecule has 4 heteroatoms. The van der Waals surface area contributed by atoms with Crippen molar-refractivity contribution in [2.45, 2.75) is 52.4 Å². The molecule has 67 heavy (non-hydrogen) atoms. The van der Waals surface area contributed by atoms with E-state index in [1.54, 1.807) is 0 Å². The highest BCUT2D eigenvalue weighted by molar-refractivity contribution is 6.99. The molecule has 2 aliphatic rings. The van der Waals surface area contributed by atoms with Gasteiger partial charge in [0, 0.05) is 27.5 Å². The van der Waals surface area contributed by atoms with E-state index < -0.39 is 0 Å². The van der Waals surface area contributed by atoms with E-state index in [1.165, 1.54) is 60.5 Å². The topological polar surface area (TPSA) is 18.5 Å². The monoisotopic (exact) mass is 860 g/mol. The third kappa shape index (κ3) is 6.56. The van der Waals surface area contributed by atoms with Gasteiger partial charge in [0.25, 0.3) is 6.71 Å². The Balaban J connectivity index is 1.24. The van der Waals surface area contributed by atoms with Crippen molar-refractivity contribution in [1.29, 1.82) is 0 Å². The Morgan fingerprint density at radius 3 is 1.67 bits per heavy atom. The van der Waals surface area contributed by atoms with Gasteiger partial charge in [-0.25, -0.2) is 4.85 Å². The van der Waals surface area contributed by atoms with Crippen molar-refractivity contribution < 1.29 is 4.74 Å². The van der Waals surface area contributed by atoms with Gasteiger partial charge in [-0.2, -0.15) is 0 Å². The lowest BCUT2D eigenvalue weighted by Gasteiger charge is -2.36. The van der Waals surface area contributed by atoms with Crippen LogP contribution in [0.1, 0.15) is 52.7 Å². The van der Waals surface area contributed by atoms with Gasteiger partial charge in [0.15, 0.2) is 5.69 Å². The predicted octanol–water partition coefficient (Wildman–Crippen LogP) is 15.2. The second kappa shape index (κ2) is 15.1. The number of ether oxygens (including phenoxy) is 1. The van der Waals surface area contributed by atoms with Crippen LogP contribution in [0.5, 0.6) is 11.5 Å². The van der Waals surface area contributed by atoms with Crippen LogP contribution in [0.15, 0.2) is 188 Å². The summed E-state index contributed by atoms with van der Waals surface area (Å²) in [5, 5.41) is 2.54. The largest absolute Gasteiger partial charge is 0.458 e. The Hall–Kier alpha value is -7.87. The molecule has 0 saturated heterocycles. The Kier molecular flexibility index (Phi) is 9.15. The van der Waals surface area contributed by atoms with E-state index in [9.17, 15) is 0 Å². The number of fused-ring (bicyclic) bond motifs is 7. The number of rotatable bonds is 5. The zero-order chi connectivity index (χ0) is 45.8. The molecule has 0 spiro atoms. The van der Waals surface area contributed by atoms with E-state index in [0.717, 1.165) is 61.6 Å². The van der Waals surface area contributed by atoms with E-state index >= 15 is 0 Å². The van der Waals surface area contributed by atoms with Crippen LogP contribution in [-0.2, 0) is 10.8 Å². The number of aromatic nitrogens is 1. The predicted molar refractivity (Wildman–Crippen MR) is 283 cm³/mol. The van der Waals surface area contributed by atoms with Crippen LogP contribution in [0.25, 0.3) is 88.0 Å². The van der Waals surface area contributed by atoms with Crippen LogP contribution < -0.4 is 21.1 Å². The third-order valence-corrected chi connectivity index (χ3v) is 14.2. The summed E-state index contributed by atoms with van der Waals surface area (Å²) in [4.78, 5) is 3.72. The van der Waals surface area contributed by atoms with E-state index in [-0.39, 0.29) is 17.5 Å². The van der Waals surface area contributed by atoms with E-state index in [1.807, 2.05) is 12.1 Å². The molecule has 0 amide bonds. The van der Waals surface area contributed by atoms with Crippen molar-refractivity contribution in [2.75, 3.05) is 0 Å². The molecule has 9 aromatic carbocycles. The van der Waals surface area contributed by atoms with Crippen molar-refractivity contribution in [2.24, 2.45) is 0 Å². The van der Waals surface area contributed by atoms with Gasteiger partial charge in [0.2, 0.25) is 0 Å². The summed E-state index contributed by atoms with van der Waals surface area (Å²) in [6.45, 7) is 21.5. The second-order valence-corrected chi connectivity index (χ2v) is 20.4. The molecule has 0 aliphatic carbocycles. The zero-order valence-electron chi connectivity index (χ0n) is 38.8. The summed E-state index contributed by atoms with van der Waals surface area (Å²) < 4.78 is 10.1. The lowest BCUT2D eigenvalue weighted by atomic mass is 9.34. The highest BCUT2D eigenvalue weighted by Crippen LogP contribution is 2.47. The Morgan fingerprint density at radius 2 is 1.04 bits per heavy atom. The average molecular weight is 861 g/mol. The van der Waals surface area contributed by atoms with Gasteiger partial charge in [0.1, 0.15) is 11.5 Å². The molecule has 3 nitrogen and oxygen atoms in total. The third-order valence-electron chi connectivity index (χ3n) is 14.2. The first-order valence-electron chi connectivity index (χ1n) is 23.4. The fraction of sp³-hybridized carbons (Fsp3) is 0.127. The molecule has 1 aromatic heterocycles. The Bertz CT molecular complexity index is 3670. The standard InChI is InChI=1S/C63H49BN2O/c1-62(2,3)44-28-31-56-51(36-44)52-37-45(63(4,5)6)38-54-60(52)66(56)57-34-42(39-26-29-46(65-7)30-27-39)35-58-59(57)64(54)55-33-43(49-24-15-14-22-47(49)40-18-10-8-11-19-40)32-53(61(55)67-58)50-25-17-16-23-48(50)41-20-12-9-13-21-41/h8-38H,1-6H3. The molecular weight excluding hydrogens is 812 g/mol. The van der Waals surface area contributed by atoms with Gasteiger partial charge in [-0.15, -0.1) is 0 Å². The average Bonchev–Trinajstić information content (AvgIpc) is 3.69. The minimum atomic E-state index is -0.150. The van der Waals surface area contributed by atoms with Gasteiger partial charge in [-0.05, 0) is 125 Å². The number of nitrogens with zero attached hydrogens (tertiary/aromatic N) is 2. The van der Waals surface area contributed by atoms with E-state index in [0.29, 0.717) is 5.69 Å². The molecule has 12 rings (SSSR count). The lowest BCUT2D eigenvalue weighted by molar-refractivity contribution is 0.489. The molecule has 320 valence electrons. The smallest absolute Gasteiger partial charge is 0.256 e. The first kappa shape index (κ1) is 40.6. The molecule has 0 fully saturated rings. The summed E-state index contributed by atoms with van der Waals surface area (Å²) >= 11 is 0. The highest BCUT2D eigenvalue weighted by atomic mass is 16.5. The second-order valence-electron chi connectivity index (χ2n) is 20.4. The van der Waals surface area contributed by atoms with Crippen LogP contribution in [0.4, 0.5) is 5.69 Å². The minimum Gasteiger partial charge on any atom is -0.458 e. The number of benzene rings is 9. The van der Waals surface area contributed by atoms with Crippen LogP contribution >= 0.6 is 0 Å². The van der Waals surface area contributed by atoms with Crippen LogP contribution in [-0.4, -0.2) is 11.3 Å². The van der Waals surface area contributed by atoms with Crippen molar-refractivity contribution in [3.8, 4) is 72.8 Å². The molecule has 0 atom stereocenters. The normalized spacial score (nSPS) is 12.7. The number of hydrogen-bond acceptors (Lipinski definition) is 1. The summed E-state index contributed by atoms with van der Waals surface area (Å²) in [5.41, 5.74) is 21.5. The lowest BCUT2D eigenvalue weighted by Crippen LogP contribution is -2.58. The molecule has 0 saturated carbocycles. The summed E-state index contributed by atoms with van der Waals surface area (Å²) in [7, 11) is 0. The quantitative estimate of drug-likeness (QED) is 0.125. The molecule has 10 aromatic rings. The SMILES string of the molecule is [C-]#[N+]c1ccc(-c2cc3c4c(c2)-n2c5ccc(C(C)(C)C)cc5c5cc(C(C)(C)C)cc(c52)B4c2cc(-c4ccccc4-c4ccccc4)cc(-c4ccccc4-c4ccccc4)c2O3)cc1. The fourth-order valence-corrected chi connectivity index (χ4v) is 10.7. The summed E-state index contributed by atoms with van der Waals surface area (Å²) in [5.74, 6) is 1.73. The Labute approximate surface area is 393 Å². The first-order valence-corrected chi connectivity index (χ1v) is 23.4. The molecule has 3 heterocycles. The highest BCUT2D eigenvalue weighted by Gasteiger charge is 2.43. The molecule has 0 unspecified atom stereocenters. The van der Waals surface area contributed by atoms with Crippen molar-refractivity contribution in [3.63, 3.8) is 0 Å². The molecular formula is C63H49BN2O. The van der Waals surface area contributed by atoms with Gasteiger partial charge >= 0.3 is 0 Å². The van der Waals surface area contributed by atoms with Gasteiger partial charge in [0.05, 0.1) is 12.1 Å². The van der Waals surface area contributed by atoms with Gasteiger partial charge in [-0.3, -0.25) is 0 Å². The maximum absolute atomic E-state index is 7.69. The Morgan fingerprint density at radius 1 is 0.463 bits per heavy atom. The fourth-order valence-electron chi connectivity index (χ4n) is 10.7. The van der Waals surface area contributed by atoms with Gasteiger partial charge < -0.3 is 9.30 Å². The van der Waals surface area contributed by atoms with Crippen molar-refractivity contribution in [1.82, 2.24) is 4.57 Å². The van der Waals surface area contributed by atoms with Gasteiger partial charge in [-0.1, -0.05) is 193 Å².